The highest BCUT2D eigenvalue weighted by atomic mass is 16.6. The number of carbonyl (C=O) groups excluding carboxylic acids is 2. The van der Waals surface area contributed by atoms with E-state index in [-0.39, 0.29) is 25.2 Å². The van der Waals surface area contributed by atoms with Crippen LogP contribution >= 0.6 is 0 Å². The first-order valence-electron chi connectivity index (χ1n) is 21.3. The van der Waals surface area contributed by atoms with Crippen LogP contribution in [0, 0.1) is 11.8 Å². The predicted octanol–water partition coefficient (Wildman–Crippen LogP) is 13.2. The number of hydrogen-bond donors (Lipinski definition) is 1. The summed E-state index contributed by atoms with van der Waals surface area (Å²) in [5.74, 6) is 1.12. The molecule has 0 aromatic heterocycles. The van der Waals surface area contributed by atoms with Gasteiger partial charge < -0.3 is 14.6 Å². The van der Waals surface area contributed by atoms with Crippen LogP contribution in [0.4, 0.5) is 0 Å². The van der Waals surface area contributed by atoms with Crippen molar-refractivity contribution < 1.29 is 24.2 Å². The molecule has 0 aliphatic rings. The molecule has 0 aromatic rings. The molecule has 0 heterocycles. The van der Waals surface area contributed by atoms with Crippen molar-refractivity contribution in [2.24, 2.45) is 11.8 Å². The molecule has 0 aliphatic heterocycles. The van der Waals surface area contributed by atoms with Gasteiger partial charge in [-0.25, -0.2) is 0 Å². The molecule has 5 heteroatoms. The van der Waals surface area contributed by atoms with Gasteiger partial charge >= 0.3 is 11.9 Å². The molecule has 0 bridgehead atoms. The van der Waals surface area contributed by atoms with E-state index in [1.807, 2.05) is 0 Å². The summed E-state index contributed by atoms with van der Waals surface area (Å²) >= 11 is 0. The van der Waals surface area contributed by atoms with Crippen molar-refractivity contribution in [3.63, 3.8) is 0 Å². The Bertz CT molecular complexity index is 676. The third-order valence-corrected chi connectivity index (χ3v) is 9.76. The van der Waals surface area contributed by atoms with Crippen LogP contribution in [0.5, 0.6) is 0 Å². The SMILES string of the molecule is CC(C)CCCCCCCCCCCCCCCCCCC(=O)O[C@@H](CO)COC(=O)CCCCCCCCCCCCCCC(C)C. The number of unbranched alkanes of at least 4 members (excludes halogenated alkanes) is 26. The zero-order valence-corrected chi connectivity index (χ0v) is 32.9. The van der Waals surface area contributed by atoms with Gasteiger partial charge in [-0.3, -0.25) is 9.59 Å². The van der Waals surface area contributed by atoms with Crippen molar-refractivity contribution in [1.82, 2.24) is 0 Å². The van der Waals surface area contributed by atoms with E-state index >= 15 is 0 Å². The summed E-state index contributed by atoms with van der Waals surface area (Å²) < 4.78 is 10.6. The van der Waals surface area contributed by atoms with Gasteiger partial charge in [0.25, 0.3) is 0 Å². The first kappa shape index (κ1) is 46.9. The summed E-state index contributed by atoms with van der Waals surface area (Å²) in [4.78, 5) is 24.3. The van der Waals surface area contributed by atoms with Crippen LogP contribution in [0.25, 0.3) is 0 Å². The lowest BCUT2D eigenvalue weighted by atomic mass is 10.0. The highest BCUT2D eigenvalue weighted by Crippen LogP contribution is 2.17. The molecule has 5 nitrogen and oxygen atoms in total. The van der Waals surface area contributed by atoms with Crippen LogP contribution in [-0.4, -0.2) is 36.4 Å². The normalized spacial score (nSPS) is 12.2. The summed E-state index contributed by atoms with van der Waals surface area (Å²) in [6, 6.07) is 0. The van der Waals surface area contributed by atoms with Gasteiger partial charge in [-0.2, -0.15) is 0 Å². The minimum atomic E-state index is -0.763. The van der Waals surface area contributed by atoms with Crippen LogP contribution < -0.4 is 0 Å². The second-order valence-electron chi connectivity index (χ2n) is 15.7. The molecular formula is C43H84O5. The number of carbonyl (C=O) groups is 2. The molecule has 0 amide bonds. The Balaban J connectivity index is 3.48. The fraction of sp³-hybridized carbons (Fsp3) is 0.953. The molecule has 1 N–H and O–H groups in total. The fourth-order valence-corrected chi connectivity index (χ4v) is 6.51. The first-order chi connectivity index (χ1) is 23.3. The largest absolute Gasteiger partial charge is 0.462 e. The molecule has 0 radical (unpaired) electrons. The molecule has 0 rings (SSSR count). The zero-order chi connectivity index (χ0) is 35.3. The predicted molar refractivity (Wildman–Crippen MR) is 205 cm³/mol. The van der Waals surface area contributed by atoms with Gasteiger partial charge in [0, 0.05) is 12.8 Å². The first-order valence-corrected chi connectivity index (χ1v) is 21.3. The summed E-state index contributed by atoms with van der Waals surface area (Å²) in [6.45, 7) is 8.88. The lowest BCUT2D eigenvalue weighted by molar-refractivity contribution is -0.161. The average Bonchev–Trinajstić information content (AvgIpc) is 3.05. The highest BCUT2D eigenvalue weighted by molar-refractivity contribution is 5.70. The Kier molecular flexibility index (Phi) is 36.3. The quantitative estimate of drug-likeness (QED) is 0.0519. The number of aliphatic hydroxyl groups is 1. The van der Waals surface area contributed by atoms with E-state index in [4.69, 9.17) is 9.47 Å². The number of ether oxygens (including phenoxy) is 2. The molecule has 48 heavy (non-hydrogen) atoms. The van der Waals surface area contributed by atoms with Crippen molar-refractivity contribution in [2.45, 2.75) is 239 Å². The number of rotatable bonds is 38. The molecule has 0 unspecified atom stereocenters. The number of hydrogen-bond acceptors (Lipinski definition) is 5. The lowest BCUT2D eigenvalue weighted by Gasteiger charge is -2.15. The van der Waals surface area contributed by atoms with E-state index in [1.54, 1.807) is 0 Å². The maximum absolute atomic E-state index is 12.2. The van der Waals surface area contributed by atoms with Gasteiger partial charge in [0.05, 0.1) is 6.61 Å². The molecule has 0 saturated carbocycles. The Labute approximate surface area is 299 Å². The van der Waals surface area contributed by atoms with Gasteiger partial charge in [0.15, 0.2) is 6.10 Å². The maximum Gasteiger partial charge on any atom is 0.306 e. The van der Waals surface area contributed by atoms with Crippen molar-refractivity contribution in [2.75, 3.05) is 13.2 Å². The van der Waals surface area contributed by atoms with Crippen LogP contribution in [0.2, 0.25) is 0 Å². The molecule has 0 aliphatic carbocycles. The minimum absolute atomic E-state index is 0.0582. The second-order valence-corrected chi connectivity index (χ2v) is 15.7. The van der Waals surface area contributed by atoms with Crippen LogP contribution in [-0.2, 0) is 19.1 Å². The monoisotopic (exact) mass is 681 g/mol. The summed E-state index contributed by atoms with van der Waals surface area (Å²) in [5, 5.41) is 9.57. The van der Waals surface area contributed by atoms with E-state index in [0.717, 1.165) is 43.9 Å². The molecular weight excluding hydrogens is 596 g/mol. The van der Waals surface area contributed by atoms with E-state index in [0.29, 0.717) is 12.8 Å². The second kappa shape index (κ2) is 37.2. The molecule has 1 atom stereocenters. The van der Waals surface area contributed by atoms with Crippen LogP contribution in [0.3, 0.4) is 0 Å². The third-order valence-electron chi connectivity index (χ3n) is 9.76. The van der Waals surface area contributed by atoms with Crippen molar-refractivity contribution >= 4 is 11.9 Å². The van der Waals surface area contributed by atoms with Gasteiger partial charge in [-0.05, 0) is 24.7 Å². The summed E-state index contributed by atoms with van der Waals surface area (Å²) in [6.07, 6.45) is 38.8. The summed E-state index contributed by atoms with van der Waals surface area (Å²) in [5.41, 5.74) is 0. The van der Waals surface area contributed by atoms with Gasteiger partial charge in [-0.15, -0.1) is 0 Å². The van der Waals surface area contributed by atoms with E-state index in [2.05, 4.69) is 27.7 Å². The van der Waals surface area contributed by atoms with Crippen LogP contribution in [0.1, 0.15) is 233 Å². The molecule has 286 valence electrons. The van der Waals surface area contributed by atoms with E-state index in [9.17, 15) is 14.7 Å². The average molecular weight is 681 g/mol. The molecule has 0 spiro atoms. The Morgan fingerprint density at radius 1 is 0.417 bits per heavy atom. The lowest BCUT2D eigenvalue weighted by Crippen LogP contribution is -2.28. The molecule has 0 fully saturated rings. The van der Waals surface area contributed by atoms with Crippen molar-refractivity contribution in [1.29, 1.82) is 0 Å². The number of aliphatic hydroxyl groups excluding tert-OH is 1. The van der Waals surface area contributed by atoms with E-state index < -0.39 is 6.10 Å². The minimum Gasteiger partial charge on any atom is -0.462 e. The Morgan fingerprint density at radius 2 is 0.688 bits per heavy atom. The molecule has 0 aromatic carbocycles. The topological polar surface area (TPSA) is 72.8 Å². The maximum atomic E-state index is 12.2. The van der Waals surface area contributed by atoms with E-state index in [1.165, 1.54) is 161 Å². The summed E-state index contributed by atoms with van der Waals surface area (Å²) in [7, 11) is 0. The number of esters is 2. The van der Waals surface area contributed by atoms with Crippen molar-refractivity contribution in [3.05, 3.63) is 0 Å². The van der Waals surface area contributed by atoms with Gasteiger partial charge in [-0.1, -0.05) is 207 Å². The van der Waals surface area contributed by atoms with Gasteiger partial charge in [0.2, 0.25) is 0 Å². The Hall–Kier alpha value is -1.10. The zero-order valence-electron chi connectivity index (χ0n) is 32.9. The standard InChI is InChI=1S/C43H84O5/c1-39(2)33-29-25-21-17-13-9-7-5-6-8-10-16-20-24-28-32-36-43(46)48-41(37-44)38-47-42(45)35-31-27-23-19-15-12-11-14-18-22-26-30-34-40(3)4/h39-41,44H,5-38H2,1-4H3/t41-/m0/s1. The smallest absolute Gasteiger partial charge is 0.306 e. The third kappa shape index (κ3) is 37.7. The molecule has 0 saturated heterocycles. The highest BCUT2D eigenvalue weighted by Gasteiger charge is 2.16. The van der Waals surface area contributed by atoms with Crippen LogP contribution in [0.15, 0.2) is 0 Å². The van der Waals surface area contributed by atoms with Gasteiger partial charge in [0.1, 0.15) is 6.61 Å². The Morgan fingerprint density at radius 3 is 0.979 bits per heavy atom. The fourth-order valence-electron chi connectivity index (χ4n) is 6.51. The van der Waals surface area contributed by atoms with Crippen molar-refractivity contribution in [3.8, 4) is 0 Å².